The van der Waals surface area contributed by atoms with Gasteiger partial charge in [-0.2, -0.15) is 4.98 Å². The largest absolute Gasteiger partial charge is 0.496 e. The molecule has 2 heterocycles. The highest BCUT2D eigenvalue weighted by molar-refractivity contribution is 7.99. The van der Waals surface area contributed by atoms with Crippen LogP contribution in [0.15, 0.2) is 33.9 Å². The molecule has 0 fully saturated rings. The molecule has 0 aliphatic rings. The minimum atomic E-state index is -0.0896. The summed E-state index contributed by atoms with van der Waals surface area (Å²) < 4.78 is 11.9. The van der Waals surface area contributed by atoms with Gasteiger partial charge in [0.1, 0.15) is 5.75 Å². The number of methoxy groups -OCH3 is 1. The molecule has 0 spiro atoms. The van der Waals surface area contributed by atoms with Crippen molar-refractivity contribution in [3.05, 3.63) is 36.0 Å². The molecule has 9 heteroatoms. The van der Waals surface area contributed by atoms with Gasteiger partial charge in [0.25, 0.3) is 0 Å². The second-order valence-electron chi connectivity index (χ2n) is 4.82. The van der Waals surface area contributed by atoms with Gasteiger partial charge in [-0.15, -0.1) is 10.2 Å². The lowest BCUT2D eigenvalue weighted by atomic mass is 10.2. The van der Waals surface area contributed by atoms with Gasteiger partial charge in [-0.3, -0.25) is 0 Å². The highest BCUT2D eigenvalue weighted by atomic mass is 32.2. The maximum Gasteiger partial charge on any atom is 0.239 e. The Kier molecular flexibility index (Phi) is 4.20. The smallest absolute Gasteiger partial charge is 0.239 e. The first-order valence-electron chi connectivity index (χ1n) is 6.91. The van der Waals surface area contributed by atoms with Crippen LogP contribution >= 0.6 is 11.8 Å². The number of rotatable bonds is 5. The maximum atomic E-state index is 6.14. The Bertz CT molecular complexity index is 815. The molecule has 2 N–H and O–H groups in total. The van der Waals surface area contributed by atoms with Crippen LogP contribution in [0.2, 0.25) is 0 Å². The van der Waals surface area contributed by atoms with Gasteiger partial charge >= 0.3 is 0 Å². The zero-order chi connectivity index (χ0) is 16.4. The first-order valence-corrected chi connectivity index (χ1v) is 7.79. The average Bonchev–Trinajstić information content (AvgIpc) is 3.14. The predicted octanol–water partition coefficient (Wildman–Crippen LogP) is 2.21. The molecule has 120 valence electrons. The van der Waals surface area contributed by atoms with Gasteiger partial charge in [-0.05, 0) is 26.0 Å². The second-order valence-corrected chi connectivity index (χ2v) is 6.12. The number of nitrogen functional groups attached to an aromatic ring is 1. The van der Waals surface area contributed by atoms with Crippen LogP contribution in [-0.2, 0) is 0 Å². The number of thioether (sulfide) groups is 1. The molecule has 0 aliphatic carbocycles. The molecule has 1 aromatic carbocycles. The van der Waals surface area contributed by atoms with E-state index in [4.69, 9.17) is 15.1 Å². The number of hydrogen-bond donors (Lipinski definition) is 1. The molecule has 8 nitrogen and oxygen atoms in total. The number of nitrogens with zero attached hydrogens (tertiary/aromatic N) is 5. The fraction of sp³-hybridized carbons (Fsp3) is 0.286. The van der Waals surface area contributed by atoms with Crippen molar-refractivity contribution in [1.82, 2.24) is 25.0 Å². The van der Waals surface area contributed by atoms with Gasteiger partial charge in [0.2, 0.25) is 11.0 Å². The molecular weight excluding hydrogens is 316 g/mol. The molecule has 3 aromatic rings. The van der Waals surface area contributed by atoms with E-state index in [1.165, 1.54) is 16.4 Å². The Morgan fingerprint density at radius 1 is 1.30 bits per heavy atom. The van der Waals surface area contributed by atoms with Crippen LogP contribution in [-0.4, -0.2) is 32.1 Å². The first kappa shape index (κ1) is 15.3. The normalized spacial score (nSPS) is 12.3. The first-order chi connectivity index (χ1) is 11.1. The molecule has 0 saturated carbocycles. The Hall–Kier alpha value is -2.55. The summed E-state index contributed by atoms with van der Waals surface area (Å²) in [5.74, 6) is 8.47. The van der Waals surface area contributed by atoms with Crippen molar-refractivity contribution in [2.24, 2.45) is 0 Å². The van der Waals surface area contributed by atoms with E-state index in [9.17, 15) is 0 Å². The van der Waals surface area contributed by atoms with Crippen LogP contribution in [0.25, 0.3) is 11.4 Å². The fourth-order valence-corrected chi connectivity index (χ4v) is 2.86. The Morgan fingerprint density at radius 2 is 2.09 bits per heavy atom. The third kappa shape index (κ3) is 3.00. The number of para-hydroxylation sites is 1. The van der Waals surface area contributed by atoms with Gasteiger partial charge in [0.05, 0.1) is 17.9 Å². The number of ether oxygens (including phenoxy) is 1. The lowest BCUT2D eigenvalue weighted by Gasteiger charge is -2.08. The summed E-state index contributed by atoms with van der Waals surface area (Å²) in [5.41, 5.74) is 0.776. The standard InChI is InChI=1S/C14H16N6O2S/c1-8(13-16-9(2)19-22-13)23-14-18-17-12(20(14)15)10-6-4-5-7-11(10)21-3/h4-8H,15H2,1-3H3. The topological polar surface area (TPSA) is 105 Å². The summed E-state index contributed by atoms with van der Waals surface area (Å²) in [6, 6.07) is 7.50. The number of hydrogen-bond acceptors (Lipinski definition) is 8. The van der Waals surface area contributed by atoms with Crippen molar-refractivity contribution in [2.45, 2.75) is 24.3 Å². The van der Waals surface area contributed by atoms with E-state index in [2.05, 4.69) is 20.3 Å². The van der Waals surface area contributed by atoms with Crippen LogP contribution < -0.4 is 10.6 Å². The zero-order valence-electron chi connectivity index (χ0n) is 12.9. The lowest BCUT2D eigenvalue weighted by Crippen LogP contribution is -2.12. The third-order valence-corrected chi connectivity index (χ3v) is 4.23. The summed E-state index contributed by atoms with van der Waals surface area (Å²) >= 11 is 1.39. The van der Waals surface area contributed by atoms with Gasteiger partial charge in [0.15, 0.2) is 11.6 Å². The molecule has 0 bridgehead atoms. The SMILES string of the molecule is COc1ccccc1-c1nnc(SC(C)c2nc(C)no2)n1N. The van der Waals surface area contributed by atoms with E-state index in [0.717, 1.165) is 5.56 Å². The third-order valence-electron chi connectivity index (χ3n) is 3.19. The van der Waals surface area contributed by atoms with E-state index in [-0.39, 0.29) is 5.25 Å². The molecule has 3 rings (SSSR count). The number of aryl methyl sites for hydroxylation is 1. The minimum Gasteiger partial charge on any atom is -0.496 e. The van der Waals surface area contributed by atoms with Crippen molar-refractivity contribution >= 4 is 11.8 Å². The molecule has 0 amide bonds. The molecule has 23 heavy (non-hydrogen) atoms. The molecule has 0 saturated heterocycles. The summed E-state index contributed by atoms with van der Waals surface area (Å²) in [4.78, 5) is 4.21. The van der Waals surface area contributed by atoms with Crippen LogP contribution in [0, 0.1) is 6.92 Å². The van der Waals surface area contributed by atoms with Crippen LogP contribution in [0.1, 0.15) is 23.9 Å². The van der Waals surface area contributed by atoms with E-state index >= 15 is 0 Å². The summed E-state index contributed by atoms with van der Waals surface area (Å²) in [7, 11) is 1.60. The van der Waals surface area contributed by atoms with Crippen LogP contribution in [0.5, 0.6) is 5.75 Å². The summed E-state index contributed by atoms with van der Waals surface area (Å²) in [5, 5.41) is 12.6. The molecule has 0 radical (unpaired) electrons. The number of benzene rings is 1. The quantitative estimate of drug-likeness (QED) is 0.560. The highest BCUT2D eigenvalue weighted by Gasteiger charge is 2.21. The molecule has 1 unspecified atom stereocenters. The van der Waals surface area contributed by atoms with Crippen molar-refractivity contribution in [1.29, 1.82) is 0 Å². The van der Waals surface area contributed by atoms with E-state index in [0.29, 0.717) is 28.4 Å². The van der Waals surface area contributed by atoms with Crippen LogP contribution in [0.4, 0.5) is 0 Å². The van der Waals surface area contributed by atoms with Crippen molar-refractivity contribution < 1.29 is 9.26 Å². The molecular formula is C14H16N6O2S. The van der Waals surface area contributed by atoms with Crippen molar-refractivity contribution in [2.75, 3.05) is 13.0 Å². The Morgan fingerprint density at radius 3 is 2.78 bits per heavy atom. The zero-order valence-corrected chi connectivity index (χ0v) is 13.7. The van der Waals surface area contributed by atoms with Crippen LogP contribution in [0.3, 0.4) is 0 Å². The highest BCUT2D eigenvalue weighted by Crippen LogP contribution is 2.35. The number of nitrogens with two attached hydrogens (primary N) is 1. The number of aromatic nitrogens is 5. The van der Waals surface area contributed by atoms with Crippen molar-refractivity contribution in [3.8, 4) is 17.1 Å². The predicted molar refractivity (Wildman–Crippen MR) is 85.5 cm³/mol. The van der Waals surface area contributed by atoms with E-state index in [1.807, 2.05) is 31.2 Å². The summed E-state index contributed by atoms with van der Waals surface area (Å²) in [6.45, 7) is 3.71. The molecule has 1 atom stereocenters. The van der Waals surface area contributed by atoms with Gasteiger partial charge in [-0.1, -0.05) is 29.1 Å². The average molecular weight is 332 g/mol. The second kappa shape index (κ2) is 6.29. The fourth-order valence-electron chi connectivity index (χ4n) is 2.06. The Labute approximate surface area is 137 Å². The summed E-state index contributed by atoms with van der Waals surface area (Å²) in [6.07, 6.45) is 0. The van der Waals surface area contributed by atoms with Gasteiger partial charge < -0.3 is 15.1 Å². The molecule has 0 aliphatic heterocycles. The lowest BCUT2D eigenvalue weighted by molar-refractivity contribution is 0.376. The molecule has 2 aromatic heterocycles. The minimum absolute atomic E-state index is 0.0896. The maximum absolute atomic E-state index is 6.14. The Balaban J connectivity index is 1.87. The van der Waals surface area contributed by atoms with Crippen molar-refractivity contribution in [3.63, 3.8) is 0 Å². The van der Waals surface area contributed by atoms with E-state index < -0.39 is 0 Å². The van der Waals surface area contributed by atoms with Gasteiger partial charge in [0, 0.05) is 0 Å². The monoisotopic (exact) mass is 332 g/mol. The van der Waals surface area contributed by atoms with E-state index in [1.54, 1.807) is 14.0 Å². The van der Waals surface area contributed by atoms with Gasteiger partial charge in [-0.25, -0.2) is 4.68 Å².